The van der Waals surface area contributed by atoms with Gasteiger partial charge in [0.05, 0.1) is 0 Å². The predicted octanol–water partition coefficient (Wildman–Crippen LogP) is 1.85. The number of amides is 2. The van der Waals surface area contributed by atoms with Crippen LogP contribution in [0.15, 0.2) is 0 Å². The molecule has 0 radical (unpaired) electrons. The zero-order valence-electron chi connectivity index (χ0n) is 12.9. The van der Waals surface area contributed by atoms with Crippen LogP contribution in [0.5, 0.6) is 0 Å². The molecule has 0 aromatic rings. The Bertz CT molecular complexity index is 418. The van der Waals surface area contributed by atoms with E-state index in [1.54, 1.807) is 7.05 Å². The van der Waals surface area contributed by atoms with E-state index in [0.29, 0.717) is 18.8 Å². The van der Waals surface area contributed by atoms with Gasteiger partial charge in [-0.1, -0.05) is 0 Å². The average molecular weight is 290 g/mol. The Labute approximate surface area is 127 Å². The first kappa shape index (κ1) is 15.9. The molecule has 0 aromatic carbocycles. The molecule has 0 aliphatic heterocycles. The van der Waals surface area contributed by atoms with Gasteiger partial charge in [0.2, 0.25) is 11.8 Å². The van der Waals surface area contributed by atoms with Gasteiger partial charge in [-0.15, -0.1) is 11.8 Å². The third-order valence-electron chi connectivity index (χ3n) is 4.71. The second-order valence-corrected chi connectivity index (χ2v) is 6.11. The summed E-state index contributed by atoms with van der Waals surface area (Å²) < 4.78 is 0. The van der Waals surface area contributed by atoms with Crippen LogP contribution < -0.4 is 10.6 Å². The molecule has 1 saturated carbocycles. The summed E-state index contributed by atoms with van der Waals surface area (Å²) >= 11 is 0. The first-order valence-corrected chi connectivity index (χ1v) is 8.15. The van der Waals surface area contributed by atoms with Gasteiger partial charge in [0.15, 0.2) is 0 Å². The Morgan fingerprint density at radius 3 is 2.14 bits per heavy atom. The average Bonchev–Trinajstić information content (AvgIpc) is 3.10. The van der Waals surface area contributed by atoms with Crippen molar-refractivity contribution in [2.45, 2.75) is 51.4 Å². The SMILES string of the molecule is CNC(=O)CCCCC(=O)NCC1C2CCC#CCCC21. The van der Waals surface area contributed by atoms with Crippen molar-refractivity contribution in [2.75, 3.05) is 13.6 Å². The van der Waals surface area contributed by atoms with Gasteiger partial charge >= 0.3 is 0 Å². The summed E-state index contributed by atoms with van der Waals surface area (Å²) in [5.74, 6) is 8.83. The zero-order valence-corrected chi connectivity index (χ0v) is 12.9. The fourth-order valence-corrected chi connectivity index (χ4v) is 3.35. The molecule has 2 N–H and O–H groups in total. The summed E-state index contributed by atoms with van der Waals surface area (Å²) in [5, 5.41) is 5.65. The van der Waals surface area contributed by atoms with Crippen molar-refractivity contribution in [2.24, 2.45) is 17.8 Å². The van der Waals surface area contributed by atoms with Gasteiger partial charge in [0, 0.05) is 39.3 Å². The molecule has 0 spiro atoms. The van der Waals surface area contributed by atoms with E-state index in [2.05, 4.69) is 22.5 Å². The number of nitrogens with one attached hydrogen (secondary N) is 2. The van der Waals surface area contributed by atoms with Crippen LogP contribution in [0, 0.1) is 29.6 Å². The molecule has 21 heavy (non-hydrogen) atoms. The minimum atomic E-state index is 0.0480. The molecule has 2 aliphatic rings. The molecular weight excluding hydrogens is 264 g/mol. The Morgan fingerprint density at radius 1 is 1.00 bits per heavy atom. The van der Waals surface area contributed by atoms with E-state index in [1.807, 2.05) is 0 Å². The molecule has 0 bridgehead atoms. The lowest BCUT2D eigenvalue weighted by Gasteiger charge is -2.05. The van der Waals surface area contributed by atoms with E-state index in [9.17, 15) is 9.59 Å². The summed E-state index contributed by atoms with van der Waals surface area (Å²) in [5.41, 5.74) is 0. The van der Waals surface area contributed by atoms with Crippen molar-refractivity contribution in [3.63, 3.8) is 0 Å². The van der Waals surface area contributed by atoms with E-state index in [0.717, 1.165) is 44.1 Å². The largest absolute Gasteiger partial charge is 0.359 e. The number of hydrogen-bond acceptors (Lipinski definition) is 2. The lowest BCUT2D eigenvalue weighted by atomic mass is 10.1. The topological polar surface area (TPSA) is 58.2 Å². The maximum atomic E-state index is 11.8. The molecule has 2 amide bonds. The molecular formula is C17H26N2O2. The monoisotopic (exact) mass is 290 g/mol. The third-order valence-corrected chi connectivity index (χ3v) is 4.71. The minimum Gasteiger partial charge on any atom is -0.359 e. The fourth-order valence-electron chi connectivity index (χ4n) is 3.35. The first-order chi connectivity index (χ1) is 10.2. The van der Waals surface area contributed by atoms with Gasteiger partial charge in [0.25, 0.3) is 0 Å². The molecule has 4 nitrogen and oxygen atoms in total. The van der Waals surface area contributed by atoms with Gasteiger partial charge in [-0.25, -0.2) is 0 Å². The van der Waals surface area contributed by atoms with Crippen LogP contribution in [0.3, 0.4) is 0 Å². The van der Waals surface area contributed by atoms with E-state index < -0.39 is 0 Å². The van der Waals surface area contributed by atoms with E-state index in [4.69, 9.17) is 0 Å². The van der Waals surface area contributed by atoms with Crippen molar-refractivity contribution >= 4 is 11.8 Å². The van der Waals surface area contributed by atoms with Gasteiger partial charge < -0.3 is 10.6 Å². The number of carbonyl (C=O) groups is 2. The number of hydrogen-bond donors (Lipinski definition) is 2. The quantitative estimate of drug-likeness (QED) is 0.555. The number of rotatable bonds is 7. The van der Waals surface area contributed by atoms with E-state index in [1.165, 1.54) is 12.8 Å². The highest BCUT2D eigenvalue weighted by molar-refractivity contribution is 5.76. The Hall–Kier alpha value is -1.50. The maximum Gasteiger partial charge on any atom is 0.220 e. The van der Waals surface area contributed by atoms with Crippen LogP contribution in [0.4, 0.5) is 0 Å². The number of unbranched alkanes of at least 4 members (excludes halogenated alkanes) is 1. The van der Waals surface area contributed by atoms with Crippen LogP contribution in [0.2, 0.25) is 0 Å². The highest BCUT2D eigenvalue weighted by Crippen LogP contribution is 2.51. The fraction of sp³-hybridized carbons (Fsp3) is 0.765. The smallest absolute Gasteiger partial charge is 0.220 e. The highest BCUT2D eigenvalue weighted by atomic mass is 16.2. The zero-order chi connectivity index (χ0) is 15.1. The summed E-state index contributed by atoms with van der Waals surface area (Å²) in [6.07, 6.45) is 7.04. The Morgan fingerprint density at radius 2 is 1.57 bits per heavy atom. The molecule has 2 unspecified atom stereocenters. The van der Waals surface area contributed by atoms with Crippen molar-refractivity contribution < 1.29 is 9.59 Å². The first-order valence-electron chi connectivity index (χ1n) is 8.15. The summed E-state index contributed by atoms with van der Waals surface area (Å²) in [6, 6.07) is 0. The Balaban J connectivity index is 1.55. The summed E-state index contributed by atoms with van der Waals surface area (Å²) in [6.45, 7) is 0.823. The third kappa shape index (κ3) is 5.08. The molecule has 2 aliphatic carbocycles. The molecule has 0 saturated heterocycles. The van der Waals surface area contributed by atoms with Crippen LogP contribution in [-0.2, 0) is 9.59 Å². The standard InChI is InChI=1S/C17H26N2O2/c1-18-16(20)10-6-7-11-17(21)19-12-15-13-8-4-2-3-5-9-14(13)15/h13-15H,4-12H2,1H3,(H,18,20)(H,19,21). The van der Waals surface area contributed by atoms with Crippen LogP contribution >= 0.6 is 0 Å². The highest BCUT2D eigenvalue weighted by Gasteiger charge is 2.48. The van der Waals surface area contributed by atoms with E-state index >= 15 is 0 Å². The maximum absolute atomic E-state index is 11.8. The molecule has 0 heterocycles. The predicted molar refractivity (Wildman–Crippen MR) is 82.3 cm³/mol. The number of carbonyl (C=O) groups excluding carboxylic acids is 2. The molecule has 4 heteroatoms. The minimum absolute atomic E-state index is 0.0480. The molecule has 2 rings (SSSR count). The second kappa shape index (κ2) is 8.07. The molecule has 0 aromatic heterocycles. The van der Waals surface area contributed by atoms with Crippen LogP contribution in [-0.4, -0.2) is 25.4 Å². The lowest BCUT2D eigenvalue weighted by Crippen LogP contribution is -2.26. The van der Waals surface area contributed by atoms with Crippen molar-refractivity contribution in [1.29, 1.82) is 0 Å². The Kier molecular flexibility index (Phi) is 6.10. The van der Waals surface area contributed by atoms with Gasteiger partial charge in [-0.05, 0) is 43.4 Å². The van der Waals surface area contributed by atoms with Crippen molar-refractivity contribution in [3.8, 4) is 11.8 Å². The van der Waals surface area contributed by atoms with Crippen molar-refractivity contribution in [3.05, 3.63) is 0 Å². The van der Waals surface area contributed by atoms with Crippen LogP contribution in [0.1, 0.15) is 51.4 Å². The summed E-state index contributed by atoms with van der Waals surface area (Å²) in [7, 11) is 1.64. The van der Waals surface area contributed by atoms with E-state index in [-0.39, 0.29) is 11.8 Å². The van der Waals surface area contributed by atoms with Gasteiger partial charge in [0.1, 0.15) is 0 Å². The normalized spacial score (nSPS) is 26.4. The molecule has 1 fully saturated rings. The van der Waals surface area contributed by atoms with Crippen molar-refractivity contribution in [1.82, 2.24) is 10.6 Å². The second-order valence-electron chi connectivity index (χ2n) is 6.11. The van der Waals surface area contributed by atoms with Crippen LogP contribution in [0.25, 0.3) is 0 Å². The van der Waals surface area contributed by atoms with Gasteiger partial charge in [-0.2, -0.15) is 0 Å². The molecule has 2 atom stereocenters. The summed E-state index contributed by atoms with van der Waals surface area (Å²) in [4.78, 5) is 22.9. The lowest BCUT2D eigenvalue weighted by molar-refractivity contribution is -0.122. The van der Waals surface area contributed by atoms with Gasteiger partial charge in [-0.3, -0.25) is 9.59 Å². The number of fused-ring (bicyclic) bond motifs is 1. The molecule has 116 valence electrons.